The molecule has 130 valence electrons. The number of hydrogen-bond donors (Lipinski definition) is 0. The van der Waals surface area contributed by atoms with Crippen molar-refractivity contribution in [3.05, 3.63) is 23.8 Å². The number of nitrogens with zero attached hydrogens (tertiary/aromatic N) is 1. The van der Waals surface area contributed by atoms with E-state index >= 15 is 0 Å². The molecule has 0 aromatic heterocycles. The van der Waals surface area contributed by atoms with Gasteiger partial charge in [0.2, 0.25) is 5.91 Å². The summed E-state index contributed by atoms with van der Waals surface area (Å²) in [5.41, 5.74) is 1.14. The summed E-state index contributed by atoms with van der Waals surface area (Å²) in [5.74, 6) is 1.88. The molecule has 1 amide bonds. The second-order valence-electron chi connectivity index (χ2n) is 5.95. The number of ether oxygens (including phenoxy) is 2. The van der Waals surface area contributed by atoms with Crippen molar-refractivity contribution in [2.45, 2.75) is 46.0 Å². The third kappa shape index (κ3) is 5.77. The molecular formula is C19H31NO3. The van der Waals surface area contributed by atoms with Crippen LogP contribution in [0.25, 0.3) is 0 Å². The minimum absolute atomic E-state index is 0.158. The molecule has 1 unspecified atom stereocenters. The third-order valence-electron chi connectivity index (χ3n) is 4.31. The molecule has 0 bridgehead atoms. The minimum atomic E-state index is 0.158. The van der Waals surface area contributed by atoms with Crippen molar-refractivity contribution in [3.63, 3.8) is 0 Å². The monoisotopic (exact) mass is 321 g/mol. The standard InChI is InChI=1S/C19H31NO3/c1-6-8-9-16(7-2)19(21)20(3)13-12-15-10-11-17(22-4)18(14-15)23-5/h10-11,14,16H,6-9,12-13H2,1-5H3. The minimum Gasteiger partial charge on any atom is -0.493 e. The third-order valence-corrected chi connectivity index (χ3v) is 4.31. The second-order valence-corrected chi connectivity index (χ2v) is 5.95. The van der Waals surface area contributed by atoms with E-state index in [1.807, 2.05) is 30.1 Å². The van der Waals surface area contributed by atoms with Gasteiger partial charge in [-0.25, -0.2) is 0 Å². The SMILES string of the molecule is CCCCC(CC)C(=O)N(C)CCc1ccc(OC)c(OC)c1. The molecule has 1 aromatic rings. The number of benzene rings is 1. The normalized spacial score (nSPS) is 11.9. The van der Waals surface area contributed by atoms with Gasteiger partial charge in [0.1, 0.15) is 0 Å². The molecule has 1 aromatic carbocycles. The Morgan fingerprint density at radius 2 is 1.87 bits per heavy atom. The molecule has 1 rings (SSSR count). The van der Waals surface area contributed by atoms with Crippen LogP contribution in [-0.4, -0.2) is 38.6 Å². The summed E-state index contributed by atoms with van der Waals surface area (Å²) < 4.78 is 10.6. The van der Waals surface area contributed by atoms with Crippen molar-refractivity contribution in [2.75, 3.05) is 27.8 Å². The number of hydrogen-bond acceptors (Lipinski definition) is 3. The zero-order valence-electron chi connectivity index (χ0n) is 15.2. The fourth-order valence-corrected chi connectivity index (χ4v) is 2.71. The summed E-state index contributed by atoms with van der Waals surface area (Å²) >= 11 is 0. The molecule has 0 spiro atoms. The van der Waals surface area contributed by atoms with Gasteiger partial charge in [0.25, 0.3) is 0 Å². The van der Waals surface area contributed by atoms with Crippen molar-refractivity contribution in [1.82, 2.24) is 4.90 Å². The lowest BCUT2D eigenvalue weighted by Crippen LogP contribution is -2.34. The topological polar surface area (TPSA) is 38.8 Å². The zero-order valence-corrected chi connectivity index (χ0v) is 15.2. The maximum absolute atomic E-state index is 12.5. The maximum Gasteiger partial charge on any atom is 0.225 e. The van der Waals surface area contributed by atoms with Crippen LogP contribution < -0.4 is 9.47 Å². The molecule has 0 N–H and O–H groups in total. The largest absolute Gasteiger partial charge is 0.493 e. The van der Waals surface area contributed by atoms with Crippen molar-refractivity contribution >= 4 is 5.91 Å². The lowest BCUT2D eigenvalue weighted by atomic mass is 9.97. The van der Waals surface area contributed by atoms with Gasteiger partial charge in [-0.1, -0.05) is 32.8 Å². The first kappa shape index (κ1) is 19.3. The van der Waals surface area contributed by atoms with E-state index < -0.39 is 0 Å². The number of unbranched alkanes of at least 4 members (excludes halogenated alkanes) is 1. The fourth-order valence-electron chi connectivity index (χ4n) is 2.71. The molecule has 1 atom stereocenters. The predicted molar refractivity (Wildman–Crippen MR) is 94.2 cm³/mol. The van der Waals surface area contributed by atoms with Gasteiger partial charge in [0, 0.05) is 19.5 Å². The van der Waals surface area contributed by atoms with Crippen LogP contribution in [0.15, 0.2) is 18.2 Å². The highest BCUT2D eigenvalue weighted by Gasteiger charge is 2.19. The van der Waals surface area contributed by atoms with E-state index in [0.29, 0.717) is 0 Å². The molecule has 0 heterocycles. The Kier molecular flexibility index (Phi) is 8.52. The number of carbonyl (C=O) groups is 1. The first-order valence-electron chi connectivity index (χ1n) is 8.53. The summed E-state index contributed by atoms with van der Waals surface area (Å²) in [6, 6.07) is 5.91. The van der Waals surface area contributed by atoms with Crippen LogP contribution in [0, 0.1) is 5.92 Å². The van der Waals surface area contributed by atoms with Gasteiger partial charge in [0.15, 0.2) is 11.5 Å². The Balaban J connectivity index is 2.61. The van der Waals surface area contributed by atoms with Gasteiger partial charge in [-0.15, -0.1) is 0 Å². The second kappa shape index (κ2) is 10.1. The highest BCUT2D eigenvalue weighted by atomic mass is 16.5. The number of amides is 1. The maximum atomic E-state index is 12.5. The van der Waals surface area contributed by atoms with Gasteiger partial charge in [-0.05, 0) is 37.0 Å². The van der Waals surface area contributed by atoms with Crippen LogP contribution in [0.4, 0.5) is 0 Å². The number of methoxy groups -OCH3 is 2. The van der Waals surface area contributed by atoms with E-state index in [1.165, 1.54) is 0 Å². The van der Waals surface area contributed by atoms with E-state index in [-0.39, 0.29) is 11.8 Å². The number of carbonyl (C=O) groups excluding carboxylic acids is 1. The van der Waals surface area contributed by atoms with Gasteiger partial charge >= 0.3 is 0 Å². The summed E-state index contributed by atoms with van der Waals surface area (Å²) in [7, 11) is 5.17. The van der Waals surface area contributed by atoms with Crippen LogP contribution >= 0.6 is 0 Å². The Hall–Kier alpha value is -1.71. The molecule has 4 nitrogen and oxygen atoms in total. The molecular weight excluding hydrogens is 290 g/mol. The first-order chi connectivity index (χ1) is 11.1. The van der Waals surface area contributed by atoms with Gasteiger partial charge < -0.3 is 14.4 Å². The van der Waals surface area contributed by atoms with E-state index in [0.717, 1.165) is 55.7 Å². The number of rotatable bonds is 10. The molecule has 23 heavy (non-hydrogen) atoms. The molecule has 0 saturated carbocycles. The Morgan fingerprint density at radius 1 is 1.17 bits per heavy atom. The summed E-state index contributed by atoms with van der Waals surface area (Å²) in [4.78, 5) is 14.4. The van der Waals surface area contributed by atoms with E-state index in [9.17, 15) is 4.79 Å². The summed E-state index contributed by atoms with van der Waals surface area (Å²) in [5, 5.41) is 0. The first-order valence-corrected chi connectivity index (χ1v) is 8.53. The van der Waals surface area contributed by atoms with E-state index in [2.05, 4.69) is 13.8 Å². The molecule has 0 fully saturated rings. The van der Waals surface area contributed by atoms with Crippen molar-refractivity contribution in [1.29, 1.82) is 0 Å². The van der Waals surface area contributed by atoms with Crippen LogP contribution in [0.2, 0.25) is 0 Å². The molecule has 4 heteroatoms. The Morgan fingerprint density at radius 3 is 2.43 bits per heavy atom. The Bertz CT molecular complexity index is 488. The predicted octanol–water partition coefficient (Wildman–Crippen LogP) is 3.92. The summed E-state index contributed by atoms with van der Waals surface area (Å²) in [6.45, 7) is 4.98. The lowest BCUT2D eigenvalue weighted by molar-refractivity contribution is -0.134. The fraction of sp³-hybridized carbons (Fsp3) is 0.632. The molecule has 0 aliphatic rings. The number of likely N-dealkylation sites (N-methyl/N-ethyl adjacent to an activating group) is 1. The van der Waals surface area contributed by atoms with Gasteiger partial charge in [-0.2, -0.15) is 0 Å². The summed E-state index contributed by atoms with van der Waals surface area (Å²) in [6.07, 6.45) is 4.98. The van der Waals surface area contributed by atoms with Crippen molar-refractivity contribution in [2.24, 2.45) is 5.92 Å². The van der Waals surface area contributed by atoms with Crippen LogP contribution in [0.5, 0.6) is 11.5 Å². The molecule has 0 aliphatic heterocycles. The van der Waals surface area contributed by atoms with Crippen LogP contribution in [0.3, 0.4) is 0 Å². The smallest absolute Gasteiger partial charge is 0.225 e. The average Bonchev–Trinajstić information content (AvgIpc) is 2.59. The van der Waals surface area contributed by atoms with Crippen LogP contribution in [-0.2, 0) is 11.2 Å². The highest BCUT2D eigenvalue weighted by Crippen LogP contribution is 2.27. The molecule has 0 aliphatic carbocycles. The molecule has 0 radical (unpaired) electrons. The van der Waals surface area contributed by atoms with E-state index in [4.69, 9.17) is 9.47 Å². The average molecular weight is 321 g/mol. The highest BCUT2D eigenvalue weighted by molar-refractivity contribution is 5.78. The zero-order chi connectivity index (χ0) is 17.2. The van der Waals surface area contributed by atoms with Crippen LogP contribution in [0.1, 0.15) is 45.1 Å². The molecule has 0 saturated heterocycles. The quantitative estimate of drug-likeness (QED) is 0.655. The van der Waals surface area contributed by atoms with Gasteiger partial charge in [-0.3, -0.25) is 4.79 Å². The van der Waals surface area contributed by atoms with Gasteiger partial charge in [0.05, 0.1) is 14.2 Å². The van der Waals surface area contributed by atoms with Crippen molar-refractivity contribution in [3.8, 4) is 11.5 Å². The van der Waals surface area contributed by atoms with E-state index in [1.54, 1.807) is 14.2 Å². The van der Waals surface area contributed by atoms with Crippen molar-refractivity contribution < 1.29 is 14.3 Å². The lowest BCUT2D eigenvalue weighted by Gasteiger charge is -2.23. The Labute approximate surface area is 140 Å².